The minimum Gasteiger partial charge on any atom is -0.374 e. The molecule has 5 heteroatoms. The molecule has 1 aliphatic rings. The predicted molar refractivity (Wildman–Crippen MR) is 108 cm³/mol. The third-order valence-corrected chi connectivity index (χ3v) is 5.33. The zero-order chi connectivity index (χ0) is 18.8. The molecule has 140 valence electrons. The molecule has 1 unspecified atom stereocenters. The van der Waals surface area contributed by atoms with Crippen molar-refractivity contribution in [3.8, 4) is 0 Å². The van der Waals surface area contributed by atoms with Crippen molar-refractivity contribution in [3.63, 3.8) is 0 Å². The SMILES string of the molecule is CC(=O)c1cn(CC2CN(Cc3ccccc3)CCO2)c2cc(Cl)ccc12. The van der Waals surface area contributed by atoms with Crippen LogP contribution in [0.3, 0.4) is 0 Å². The summed E-state index contributed by atoms with van der Waals surface area (Å²) in [6.07, 6.45) is 2.01. The Morgan fingerprint density at radius 1 is 1.22 bits per heavy atom. The lowest BCUT2D eigenvalue weighted by Gasteiger charge is -2.33. The van der Waals surface area contributed by atoms with Crippen LogP contribution in [0.1, 0.15) is 22.8 Å². The van der Waals surface area contributed by atoms with Gasteiger partial charge in [-0.05, 0) is 24.6 Å². The molecule has 0 radical (unpaired) electrons. The standard InChI is InChI=1S/C22H23ClN2O2/c1-16(26)21-15-25(22-11-18(23)7-8-20(21)22)14-19-13-24(9-10-27-19)12-17-5-3-2-4-6-17/h2-8,11,15,19H,9-10,12-14H2,1H3. The number of morpholine rings is 1. The molecule has 0 saturated carbocycles. The number of Topliss-reactive ketones (excluding diaryl/α,β-unsaturated/α-hetero) is 1. The third-order valence-electron chi connectivity index (χ3n) is 5.10. The Kier molecular flexibility index (Phi) is 5.30. The maximum Gasteiger partial charge on any atom is 0.161 e. The van der Waals surface area contributed by atoms with Crippen molar-refractivity contribution < 1.29 is 9.53 Å². The summed E-state index contributed by atoms with van der Waals surface area (Å²) in [6.45, 7) is 5.75. The van der Waals surface area contributed by atoms with E-state index in [1.165, 1.54) is 5.56 Å². The molecule has 1 atom stereocenters. The average molecular weight is 383 g/mol. The Bertz CT molecular complexity index is 952. The summed E-state index contributed by atoms with van der Waals surface area (Å²) < 4.78 is 8.12. The van der Waals surface area contributed by atoms with Gasteiger partial charge in [0.15, 0.2) is 5.78 Å². The molecular weight excluding hydrogens is 360 g/mol. The second-order valence-electron chi connectivity index (χ2n) is 7.13. The van der Waals surface area contributed by atoms with Crippen LogP contribution in [0.15, 0.2) is 54.7 Å². The minimum absolute atomic E-state index is 0.0661. The maximum atomic E-state index is 12.0. The highest BCUT2D eigenvalue weighted by molar-refractivity contribution is 6.31. The molecule has 0 amide bonds. The van der Waals surface area contributed by atoms with Gasteiger partial charge >= 0.3 is 0 Å². The first-order chi connectivity index (χ1) is 13.1. The van der Waals surface area contributed by atoms with Crippen molar-refractivity contribution in [1.29, 1.82) is 0 Å². The molecule has 1 fully saturated rings. The fraction of sp³-hybridized carbons (Fsp3) is 0.318. The van der Waals surface area contributed by atoms with Gasteiger partial charge in [0.05, 0.1) is 24.8 Å². The number of halogens is 1. The van der Waals surface area contributed by atoms with Crippen LogP contribution >= 0.6 is 11.6 Å². The van der Waals surface area contributed by atoms with E-state index in [9.17, 15) is 4.79 Å². The molecule has 27 heavy (non-hydrogen) atoms. The first kappa shape index (κ1) is 18.2. The quantitative estimate of drug-likeness (QED) is 0.613. The minimum atomic E-state index is 0.0661. The first-order valence-electron chi connectivity index (χ1n) is 9.27. The topological polar surface area (TPSA) is 34.5 Å². The lowest BCUT2D eigenvalue weighted by molar-refractivity contribution is -0.0382. The lowest BCUT2D eigenvalue weighted by Crippen LogP contribution is -2.43. The van der Waals surface area contributed by atoms with E-state index >= 15 is 0 Å². The number of hydrogen-bond donors (Lipinski definition) is 0. The Balaban J connectivity index is 1.53. The van der Waals surface area contributed by atoms with Crippen molar-refractivity contribution in [2.75, 3.05) is 19.7 Å². The first-order valence-corrected chi connectivity index (χ1v) is 9.65. The Labute approximate surface area is 164 Å². The molecule has 0 N–H and O–H groups in total. The van der Waals surface area contributed by atoms with Crippen LogP contribution < -0.4 is 0 Å². The highest BCUT2D eigenvalue weighted by Gasteiger charge is 2.22. The summed E-state index contributed by atoms with van der Waals surface area (Å²) in [4.78, 5) is 14.4. The molecule has 0 aliphatic carbocycles. The fourth-order valence-corrected chi connectivity index (χ4v) is 3.96. The number of carbonyl (C=O) groups is 1. The predicted octanol–water partition coefficient (Wildman–Crippen LogP) is 4.40. The van der Waals surface area contributed by atoms with Crippen LogP contribution in [0, 0.1) is 0 Å². The normalized spacial score (nSPS) is 18.1. The largest absolute Gasteiger partial charge is 0.374 e. The molecular formula is C22H23ClN2O2. The summed E-state index contributed by atoms with van der Waals surface area (Å²) in [7, 11) is 0. The number of fused-ring (bicyclic) bond motifs is 1. The Hall–Kier alpha value is -2.14. The molecule has 1 saturated heterocycles. The number of nitrogens with zero attached hydrogens (tertiary/aromatic N) is 2. The number of rotatable bonds is 5. The van der Waals surface area contributed by atoms with Gasteiger partial charge in [-0.3, -0.25) is 9.69 Å². The molecule has 0 spiro atoms. The van der Waals surface area contributed by atoms with Gasteiger partial charge in [0.2, 0.25) is 0 Å². The molecule has 1 aliphatic heterocycles. The van der Waals surface area contributed by atoms with Crippen molar-refractivity contribution in [1.82, 2.24) is 9.47 Å². The fourth-order valence-electron chi connectivity index (χ4n) is 3.79. The highest BCUT2D eigenvalue weighted by Crippen LogP contribution is 2.26. The van der Waals surface area contributed by atoms with E-state index < -0.39 is 0 Å². The summed E-state index contributed by atoms with van der Waals surface area (Å²) >= 11 is 6.20. The van der Waals surface area contributed by atoms with E-state index in [1.807, 2.05) is 30.5 Å². The molecule has 0 bridgehead atoms. The van der Waals surface area contributed by atoms with Crippen LogP contribution in [0.4, 0.5) is 0 Å². The van der Waals surface area contributed by atoms with E-state index in [2.05, 4.69) is 33.7 Å². The van der Waals surface area contributed by atoms with E-state index in [0.29, 0.717) is 11.6 Å². The molecule has 1 aromatic heterocycles. The third kappa shape index (κ3) is 4.08. The second kappa shape index (κ2) is 7.85. The van der Waals surface area contributed by atoms with Gasteiger partial charge in [-0.15, -0.1) is 0 Å². The van der Waals surface area contributed by atoms with E-state index in [1.54, 1.807) is 6.92 Å². The van der Waals surface area contributed by atoms with Crippen molar-refractivity contribution in [2.45, 2.75) is 26.1 Å². The molecule has 2 heterocycles. The molecule has 4 nitrogen and oxygen atoms in total. The smallest absolute Gasteiger partial charge is 0.161 e. The Morgan fingerprint density at radius 3 is 2.81 bits per heavy atom. The van der Waals surface area contributed by atoms with Crippen molar-refractivity contribution in [2.24, 2.45) is 0 Å². The van der Waals surface area contributed by atoms with Crippen LogP contribution in [-0.2, 0) is 17.8 Å². The summed E-state index contributed by atoms with van der Waals surface area (Å²) in [5, 5.41) is 1.62. The number of ether oxygens (including phenoxy) is 1. The van der Waals surface area contributed by atoms with Gasteiger partial charge in [-0.2, -0.15) is 0 Å². The van der Waals surface area contributed by atoms with Crippen LogP contribution in [0.2, 0.25) is 5.02 Å². The summed E-state index contributed by atoms with van der Waals surface area (Å²) in [5.41, 5.74) is 3.03. The average Bonchev–Trinajstić information content (AvgIpc) is 3.01. The highest BCUT2D eigenvalue weighted by atomic mass is 35.5. The monoisotopic (exact) mass is 382 g/mol. The van der Waals surface area contributed by atoms with Crippen molar-refractivity contribution in [3.05, 3.63) is 70.9 Å². The number of aromatic nitrogens is 1. The van der Waals surface area contributed by atoms with Crippen LogP contribution in [0.25, 0.3) is 10.9 Å². The zero-order valence-electron chi connectivity index (χ0n) is 15.4. The number of ketones is 1. The molecule has 2 aromatic carbocycles. The molecule has 3 aromatic rings. The van der Waals surface area contributed by atoms with Gasteiger partial charge < -0.3 is 9.30 Å². The van der Waals surface area contributed by atoms with Crippen molar-refractivity contribution >= 4 is 28.3 Å². The number of carbonyl (C=O) groups excluding carboxylic acids is 1. The number of hydrogen-bond acceptors (Lipinski definition) is 3. The van der Waals surface area contributed by atoms with Gasteiger partial charge in [0.25, 0.3) is 0 Å². The summed E-state index contributed by atoms with van der Waals surface area (Å²) in [5.74, 6) is 0.0661. The van der Waals surface area contributed by atoms with E-state index in [4.69, 9.17) is 16.3 Å². The maximum absolute atomic E-state index is 12.0. The van der Waals surface area contributed by atoms with Crippen LogP contribution in [-0.4, -0.2) is 41.1 Å². The molecule has 4 rings (SSSR count). The van der Waals surface area contributed by atoms with E-state index in [-0.39, 0.29) is 11.9 Å². The lowest BCUT2D eigenvalue weighted by atomic mass is 10.1. The van der Waals surface area contributed by atoms with Gasteiger partial charge in [-0.1, -0.05) is 48.0 Å². The van der Waals surface area contributed by atoms with Crippen LogP contribution in [0.5, 0.6) is 0 Å². The number of benzene rings is 2. The van der Waals surface area contributed by atoms with Gasteiger partial charge in [0, 0.05) is 41.8 Å². The Morgan fingerprint density at radius 2 is 2.04 bits per heavy atom. The van der Waals surface area contributed by atoms with Gasteiger partial charge in [-0.25, -0.2) is 0 Å². The van der Waals surface area contributed by atoms with E-state index in [0.717, 1.165) is 42.7 Å². The summed E-state index contributed by atoms with van der Waals surface area (Å²) in [6, 6.07) is 16.2. The second-order valence-corrected chi connectivity index (χ2v) is 7.56. The zero-order valence-corrected chi connectivity index (χ0v) is 16.2. The van der Waals surface area contributed by atoms with Gasteiger partial charge in [0.1, 0.15) is 0 Å².